The quantitative estimate of drug-likeness (QED) is 0.804. The molecule has 2 aromatic rings. The fourth-order valence-electron chi connectivity index (χ4n) is 3.41. The van der Waals surface area contributed by atoms with Gasteiger partial charge in [0, 0.05) is 43.0 Å². The molecule has 1 aromatic heterocycles. The van der Waals surface area contributed by atoms with Crippen LogP contribution in [0.2, 0.25) is 0 Å². The fraction of sp³-hybridized carbons (Fsp3) is 0.474. The van der Waals surface area contributed by atoms with Crippen LogP contribution in [0, 0.1) is 0 Å². The first-order valence-electron chi connectivity index (χ1n) is 8.82. The SMILES string of the molecule is CC(C)n1ccnc1[C@H]1CCCN(C(=O)c2ccc(OC(F)F)cc2)C1. The zero-order valence-corrected chi connectivity index (χ0v) is 14.9. The van der Waals surface area contributed by atoms with Crippen molar-refractivity contribution < 1.29 is 18.3 Å². The summed E-state index contributed by atoms with van der Waals surface area (Å²) < 4.78 is 30.9. The van der Waals surface area contributed by atoms with Crippen molar-refractivity contribution in [3.05, 3.63) is 48.0 Å². The van der Waals surface area contributed by atoms with Gasteiger partial charge < -0.3 is 14.2 Å². The van der Waals surface area contributed by atoms with Crippen LogP contribution in [0.1, 0.15) is 54.8 Å². The van der Waals surface area contributed by atoms with Gasteiger partial charge in [-0.1, -0.05) is 0 Å². The summed E-state index contributed by atoms with van der Waals surface area (Å²) in [4.78, 5) is 19.1. The zero-order valence-electron chi connectivity index (χ0n) is 14.9. The molecule has 140 valence electrons. The number of ether oxygens (including phenoxy) is 1. The predicted octanol–water partition coefficient (Wildman–Crippen LogP) is 4.09. The Morgan fingerprint density at radius 2 is 2.00 bits per heavy atom. The zero-order chi connectivity index (χ0) is 18.7. The average Bonchev–Trinajstić information content (AvgIpc) is 3.11. The number of hydrogen-bond donors (Lipinski definition) is 0. The minimum Gasteiger partial charge on any atom is -0.435 e. The summed E-state index contributed by atoms with van der Waals surface area (Å²) in [5.74, 6) is 1.16. The molecule has 1 aromatic carbocycles. The van der Waals surface area contributed by atoms with E-state index in [4.69, 9.17) is 0 Å². The Morgan fingerprint density at radius 3 is 2.65 bits per heavy atom. The Kier molecular flexibility index (Phi) is 5.54. The van der Waals surface area contributed by atoms with Gasteiger partial charge in [0.05, 0.1) is 0 Å². The van der Waals surface area contributed by atoms with Crippen LogP contribution in [0.5, 0.6) is 5.75 Å². The standard InChI is InChI=1S/C19H23F2N3O2/c1-13(2)24-11-9-22-17(24)15-4-3-10-23(12-15)18(25)14-5-7-16(8-6-14)26-19(20)21/h5-9,11,13,15,19H,3-4,10,12H2,1-2H3/t15-/m0/s1. The van der Waals surface area contributed by atoms with Gasteiger partial charge in [0.2, 0.25) is 0 Å². The maximum Gasteiger partial charge on any atom is 0.387 e. The highest BCUT2D eigenvalue weighted by molar-refractivity contribution is 5.94. The Hall–Kier alpha value is -2.44. The number of carbonyl (C=O) groups is 1. The van der Waals surface area contributed by atoms with E-state index in [0.717, 1.165) is 18.7 Å². The van der Waals surface area contributed by atoms with Gasteiger partial charge in [-0.2, -0.15) is 8.78 Å². The summed E-state index contributed by atoms with van der Waals surface area (Å²) in [6, 6.07) is 6.16. The molecule has 0 unspecified atom stereocenters. The van der Waals surface area contributed by atoms with Gasteiger partial charge in [-0.3, -0.25) is 4.79 Å². The largest absolute Gasteiger partial charge is 0.435 e. The number of hydrogen-bond acceptors (Lipinski definition) is 3. The number of amides is 1. The van der Waals surface area contributed by atoms with Crippen molar-refractivity contribution in [2.75, 3.05) is 13.1 Å². The summed E-state index contributed by atoms with van der Waals surface area (Å²) in [6.45, 7) is 2.65. The number of alkyl halides is 2. The van der Waals surface area contributed by atoms with Gasteiger partial charge in [-0.15, -0.1) is 0 Å². The minimum absolute atomic E-state index is 0.0482. The first kappa shape index (κ1) is 18.4. The van der Waals surface area contributed by atoms with Crippen molar-refractivity contribution in [2.24, 2.45) is 0 Å². The third-order valence-corrected chi connectivity index (χ3v) is 4.66. The lowest BCUT2D eigenvalue weighted by atomic mass is 9.96. The Labute approximate surface area is 151 Å². The highest BCUT2D eigenvalue weighted by atomic mass is 19.3. The van der Waals surface area contributed by atoms with Crippen LogP contribution in [0.4, 0.5) is 8.78 Å². The van der Waals surface area contributed by atoms with Crippen molar-refractivity contribution in [2.45, 2.75) is 45.3 Å². The minimum atomic E-state index is -2.87. The van der Waals surface area contributed by atoms with E-state index in [2.05, 4.69) is 28.1 Å². The second-order valence-electron chi connectivity index (χ2n) is 6.78. The molecular formula is C19H23F2N3O2. The van der Waals surface area contributed by atoms with Gasteiger partial charge in [0.15, 0.2) is 0 Å². The summed E-state index contributed by atoms with van der Waals surface area (Å²) in [5.41, 5.74) is 0.472. The van der Waals surface area contributed by atoms with E-state index in [0.29, 0.717) is 24.7 Å². The highest BCUT2D eigenvalue weighted by Gasteiger charge is 2.28. The second kappa shape index (κ2) is 7.85. The maximum atomic E-state index is 12.8. The van der Waals surface area contributed by atoms with Crippen LogP contribution < -0.4 is 4.74 Å². The molecule has 7 heteroatoms. The van der Waals surface area contributed by atoms with Crippen molar-refractivity contribution in [1.82, 2.24) is 14.5 Å². The molecule has 0 N–H and O–H groups in total. The molecule has 2 heterocycles. The number of aromatic nitrogens is 2. The van der Waals surface area contributed by atoms with Crippen LogP contribution in [-0.2, 0) is 0 Å². The maximum absolute atomic E-state index is 12.8. The Balaban J connectivity index is 1.71. The van der Waals surface area contributed by atoms with E-state index in [9.17, 15) is 13.6 Å². The highest BCUT2D eigenvalue weighted by Crippen LogP contribution is 2.28. The van der Waals surface area contributed by atoms with E-state index < -0.39 is 6.61 Å². The summed E-state index contributed by atoms with van der Waals surface area (Å²) in [7, 11) is 0. The number of piperidine rings is 1. The van der Waals surface area contributed by atoms with Crippen molar-refractivity contribution >= 4 is 5.91 Å². The fourth-order valence-corrected chi connectivity index (χ4v) is 3.41. The topological polar surface area (TPSA) is 47.4 Å². The van der Waals surface area contributed by atoms with E-state index in [-0.39, 0.29) is 17.6 Å². The molecule has 1 aliphatic heterocycles. The van der Waals surface area contributed by atoms with Gasteiger partial charge in [-0.25, -0.2) is 4.98 Å². The van der Waals surface area contributed by atoms with Gasteiger partial charge in [-0.05, 0) is 51.0 Å². The molecule has 0 aliphatic carbocycles. The van der Waals surface area contributed by atoms with Crippen LogP contribution in [0.25, 0.3) is 0 Å². The molecule has 5 nitrogen and oxygen atoms in total. The van der Waals surface area contributed by atoms with E-state index >= 15 is 0 Å². The van der Waals surface area contributed by atoms with E-state index in [1.807, 2.05) is 11.1 Å². The number of carbonyl (C=O) groups excluding carboxylic acids is 1. The first-order chi connectivity index (χ1) is 12.5. The second-order valence-corrected chi connectivity index (χ2v) is 6.78. The van der Waals surface area contributed by atoms with Crippen LogP contribution in [0.15, 0.2) is 36.7 Å². The average molecular weight is 363 g/mol. The van der Waals surface area contributed by atoms with E-state index in [1.165, 1.54) is 24.3 Å². The van der Waals surface area contributed by atoms with Crippen LogP contribution in [-0.4, -0.2) is 40.1 Å². The van der Waals surface area contributed by atoms with Crippen molar-refractivity contribution in [3.63, 3.8) is 0 Å². The molecule has 26 heavy (non-hydrogen) atoms. The predicted molar refractivity (Wildman–Crippen MR) is 93.6 cm³/mol. The molecule has 0 radical (unpaired) electrons. The molecule has 1 amide bonds. The van der Waals surface area contributed by atoms with E-state index in [1.54, 1.807) is 6.20 Å². The summed E-state index contributed by atoms with van der Waals surface area (Å²) in [5, 5.41) is 0. The number of halogens is 2. The molecule has 1 aliphatic rings. The van der Waals surface area contributed by atoms with Crippen LogP contribution >= 0.6 is 0 Å². The monoisotopic (exact) mass is 363 g/mol. The summed E-state index contributed by atoms with van der Waals surface area (Å²) in [6.07, 6.45) is 5.68. The molecule has 1 fully saturated rings. The Morgan fingerprint density at radius 1 is 1.27 bits per heavy atom. The third kappa shape index (κ3) is 4.03. The molecule has 0 spiro atoms. The lowest BCUT2D eigenvalue weighted by molar-refractivity contribution is -0.0498. The third-order valence-electron chi connectivity index (χ3n) is 4.66. The number of rotatable bonds is 5. The number of benzene rings is 1. The number of nitrogens with zero attached hydrogens (tertiary/aromatic N) is 3. The normalized spacial score (nSPS) is 17.8. The lowest BCUT2D eigenvalue weighted by Gasteiger charge is -2.33. The molecule has 1 saturated heterocycles. The molecular weight excluding hydrogens is 340 g/mol. The number of imidazole rings is 1. The Bertz CT molecular complexity index is 743. The van der Waals surface area contributed by atoms with Gasteiger partial charge >= 0.3 is 6.61 Å². The van der Waals surface area contributed by atoms with Crippen molar-refractivity contribution in [3.8, 4) is 5.75 Å². The molecule has 0 saturated carbocycles. The smallest absolute Gasteiger partial charge is 0.387 e. The van der Waals surface area contributed by atoms with Gasteiger partial charge in [0.25, 0.3) is 5.91 Å². The lowest BCUT2D eigenvalue weighted by Crippen LogP contribution is -2.39. The first-order valence-corrected chi connectivity index (χ1v) is 8.82. The summed E-state index contributed by atoms with van der Waals surface area (Å²) >= 11 is 0. The molecule has 3 rings (SSSR count). The molecule has 0 bridgehead atoms. The van der Waals surface area contributed by atoms with Crippen molar-refractivity contribution in [1.29, 1.82) is 0 Å². The van der Waals surface area contributed by atoms with Gasteiger partial charge in [0.1, 0.15) is 11.6 Å². The number of likely N-dealkylation sites (tertiary alicyclic amines) is 1. The molecule has 1 atom stereocenters. The van der Waals surface area contributed by atoms with Crippen LogP contribution in [0.3, 0.4) is 0 Å².